The summed E-state index contributed by atoms with van der Waals surface area (Å²) in [6.07, 6.45) is 0.145. The molecule has 1 aromatic carbocycles. The quantitative estimate of drug-likeness (QED) is 0.877. The number of carbonyl (C=O) groups excluding carboxylic acids is 1. The third-order valence-corrected chi connectivity index (χ3v) is 3.17. The lowest BCUT2D eigenvalue weighted by molar-refractivity contribution is -0.115. The minimum absolute atomic E-state index is 0.105. The van der Waals surface area contributed by atoms with Crippen molar-refractivity contribution >= 4 is 29.0 Å². The zero-order valence-electron chi connectivity index (χ0n) is 12.5. The minimum atomic E-state index is -0.272. The zero-order chi connectivity index (χ0) is 16.8. The Morgan fingerprint density at radius 1 is 1.48 bits per heavy atom. The Morgan fingerprint density at radius 3 is 2.91 bits per heavy atom. The molecule has 7 heteroatoms. The van der Waals surface area contributed by atoms with Crippen LogP contribution < -0.4 is 15.8 Å². The van der Waals surface area contributed by atoms with Gasteiger partial charge >= 0.3 is 0 Å². The Morgan fingerprint density at radius 2 is 2.26 bits per heavy atom. The number of nitrogen functional groups attached to an aromatic ring is 1. The van der Waals surface area contributed by atoms with Crippen LogP contribution in [0.2, 0.25) is 5.02 Å². The topological polar surface area (TPSA) is 101 Å². The largest absolute Gasteiger partial charge is 0.477 e. The monoisotopic (exact) mass is 330 g/mol. The summed E-state index contributed by atoms with van der Waals surface area (Å²) >= 11 is 5.89. The molecular formula is C16H15ClN4O2. The number of anilines is 2. The number of hydrogen-bond donors (Lipinski definition) is 2. The minimum Gasteiger partial charge on any atom is -0.477 e. The molecule has 3 N–H and O–H groups in total. The van der Waals surface area contributed by atoms with Crippen LogP contribution in [-0.4, -0.2) is 17.5 Å². The molecule has 6 nitrogen and oxygen atoms in total. The van der Waals surface area contributed by atoms with Crippen molar-refractivity contribution in [1.29, 1.82) is 5.26 Å². The van der Waals surface area contributed by atoms with Gasteiger partial charge in [-0.05, 0) is 24.6 Å². The van der Waals surface area contributed by atoms with Gasteiger partial charge in [0.05, 0.1) is 18.7 Å². The Hall–Kier alpha value is -2.78. The number of amides is 1. The maximum Gasteiger partial charge on any atom is 0.235 e. The molecule has 0 saturated carbocycles. The lowest BCUT2D eigenvalue weighted by atomic mass is 10.1. The van der Waals surface area contributed by atoms with Crippen molar-refractivity contribution in [3.05, 3.63) is 46.5 Å². The molecule has 2 aromatic rings. The number of carbonyl (C=O) groups is 1. The number of nitrogens with one attached hydrogen (secondary N) is 1. The normalized spacial score (nSPS) is 9.96. The summed E-state index contributed by atoms with van der Waals surface area (Å²) in [6.45, 7) is 2.10. The Bertz CT molecular complexity index is 771. The number of hydrogen-bond acceptors (Lipinski definition) is 5. The molecule has 0 radical (unpaired) electrons. The first-order valence-corrected chi connectivity index (χ1v) is 7.29. The molecule has 0 spiro atoms. The first kappa shape index (κ1) is 16.6. The third-order valence-electron chi connectivity index (χ3n) is 2.93. The van der Waals surface area contributed by atoms with E-state index >= 15 is 0 Å². The van der Waals surface area contributed by atoms with E-state index in [1.807, 2.05) is 6.07 Å². The van der Waals surface area contributed by atoms with Crippen LogP contribution in [0.25, 0.3) is 0 Å². The molecule has 0 unspecified atom stereocenters. The summed E-state index contributed by atoms with van der Waals surface area (Å²) in [5.74, 6) is 0.0661. The summed E-state index contributed by atoms with van der Waals surface area (Å²) in [5, 5.41) is 12.3. The number of halogens is 1. The van der Waals surface area contributed by atoms with Crippen LogP contribution in [0.3, 0.4) is 0 Å². The second-order valence-corrected chi connectivity index (χ2v) is 5.11. The Kier molecular flexibility index (Phi) is 5.39. The highest BCUT2D eigenvalue weighted by Crippen LogP contribution is 2.25. The molecule has 0 aliphatic rings. The number of nitriles is 1. The van der Waals surface area contributed by atoms with Crippen LogP contribution in [0.5, 0.6) is 5.88 Å². The molecule has 0 saturated heterocycles. The SMILES string of the molecule is CCOc1nc(NC(=O)Cc2cccc(Cl)c2)cc(N)c1C#N. The second-order valence-electron chi connectivity index (χ2n) is 4.68. The van der Waals surface area contributed by atoms with Gasteiger partial charge in [-0.1, -0.05) is 23.7 Å². The first-order valence-electron chi connectivity index (χ1n) is 6.91. The fourth-order valence-electron chi connectivity index (χ4n) is 1.98. The van der Waals surface area contributed by atoms with Crippen LogP contribution in [0, 0.1) is 11.3 Å². The molecule has 23 heavy (non-hydrogen) atoms. The van der Waals surface area contributed by atoms with Crippen LogP contribution >= 0.6 is 11.6 Å². The van der Waals surface area contributed by atoms with Crippen LogP contribution in [0.15, 0.2) is 30.3 Å². The van der Waals surface area contributed by atoms with E-state index in [1.165, 1.54) is 6.07 Å². The molecule has 1 heterocycles. The summed E-state index contributed by atoms with van der Waals surface area (Å²) in [6, 6.07) is 10.4. The van der Waals surface area contributed by atoms with Gasteiger partial charge < -0.3 is 15.8 Å². The number of nitrogens with two attached hydrogens (primary N) is 1. The van der Waals surface area contributed by atoms with E-state index in [1.54, 1.807) is 31.2 Å². The predicted molar refractivity (Wildman–Crippen MR) is 88.3 cm³/mol. The van der Waals surface area contributed by atoms with E-state index in [0.717, 1.165) is 5.56 Å². The molecule has 118 valence electrons. The first-order chi connectivity index (χ1) is 11.0. The van der Waals surface area contributed by atoms with E-state index in [0.29, 0.717) is 11.6 Å². The van der Waals surface area contributed by atoms with Crippen molar-refractivity contribution in [2.45, 2.75) is 13.3 Å². The molecule has 0 aliphatic heterocycles. The number of ether oxygens (including phenoxy) is 1. The van der Waals surface area contributed by atoms with Crippen molar-refractivity contribution in [3.63, 3.8) is 0 Å². The molecule has 0 bridgehead atoms. The predicted octanol–water partition coefficient (Wildman–Crippen LogP) is 2.77. The van der Waals surface area contributed by atoms with Crippen LogP contribution in [0.1, 0.15) is 18.1 Å². The lowest BCUT2D eigenvalue weighted by Gasteiger charge is -2.10. The maximum absolute atomic E-state index is 12.1. The van der Waals surface area contributed by atoms with Crippen LogP contribution in [0.4, 0.5) is 11.5 Å². The second kappa shape index (κ2) is 7.47. The van der Waals surface area contributed by atoms with Crippen molar-refractivity contribution < 1.29 is 9.53 Å². The molecule has 0 atom stereocenters. The van der Waals surface area contributed by atoms with Crippen molar-refractivity contribution in [3.8, 4) is 11.9 Å². The fourth-order valence-corrected chi connectivity index (χ4v) is 2.19. The molecule has 1 aromatic heterocycles. The van der Waals surface area contributed by atoms with Crippen molar-refractivity contribution in [2.75, 3.05) is 17.7 Å². The number of benzene rings is 1. The third kappa shape index (κ3) is 4.34. The molecule has 2 rings (SSSR count). The number of nitrogens with zero attached hydrogens (tertiary/aromatic N) is 2. The van der Waals surface area contributed by atoms with Gasteiger partial charge in [-0.3, -0.25) is 4.79 Å². The highest BCUT2D eigenvalue weighted by molar-refractivity contribution is 6.30. The average Bonchev–Trinajstić information content (AvgIpc) is 2.47. The van der Waals surface area contributed by atoms with Crippen molar-refractivity contribution in [2.24, 2.45) is 0 Å². The van der Waals surface area contributed by atoms with E-state index < -0.39 is 0 Å². The Balaban J connectivity index is 2.16. The number of aromatic nitrogens is 1. The van der Waals surface area contributed by atoms with Crippen LogP contribution in [-0.2, 0) is 11.2 Å². The summed E-state index contributed by atoms with van der Waals surface area (Å²) in [5.41, 5.74) is 6.93. The van der Waals surface area contributed by atoms with E-state index in [-0.39, 0.29) is 35.3 Å². The van der Waals surface area contributed by atoms with E-state index in [2.05, 4.69) is 10.3 Å². The lowest BCUT2D eigenvalue weighted by Crippen LogP contribution is -2.16. The summed E-state index contributed by atoms with van der Waals surface area (Å²) in [4.78, 5) is 16.2. The van der Waals surface area contributed by atoms with Gasteiger partial charge in [0.25, 0.3) is 0 Å². The smallest absolute Gasteiger partial charge is 0.235 e. The highest BCUT2D eigenvalue weighted by Gasteiger charge is 2.13. The van der Waals surface area contributed by atoms with Gasteiger partial charge in [0, 0.05) is 11.1 Å². The molecule has 0 fully saturated rings. The summed E-state index contributed by atoms with van der Waals surface area (Å²) < 4.78 is 5.28. The number of rotatable bonds is 5. The standard InChI is InChI=1S/C16H15ClN4O2/c1-2-23-16-12(9-18)13(19)8-14(21-16)20-15(22)7-10-4-3-5-11(17)6-10/h3-6,8H,2,7H2,1H3,(H3,19,20,21,22). The molecule has 1 amide bonds. The van der Waals surface area contributed by atoms with Gasteiger partial charge in [-0.15, -0.1) is 0 Å². The highest BCUT2D eigenvalue weighted by atomic mass is 35.5. The maximum atomic E-state index is 12.1. The van der Waals surface area contributed by atoms with Gasteiger partial charge in [-0.25, -0.2) is 0 Å². The zero-order valence-corrected chi connectivity index (χ0v) is 13.2. The Labute approximate surface area is 138 Å². The average molecular weight is 331 g/mol. The van der Waals surface area contributed by atoms with Gasteiger partial charge in [0.2, 0.25) is 11.8 Å². The number of pyridine rings is 1. The van der Waals surface area contributed by atoms with Crippen molar-refractivity contribution in [1.82, 2.24) is 4.98 Å². The van der Waals surface area contributed by atoms with Gasteiger partial charge in [-0.2, -0.15) is 10.2 Å². The van der Waals surface area contributed by atoms with E-state index in [4.69, 9.17) is 27.3 Å². The summed E-state index contributed by atoms with van der Waals surface area (Å²) in [7, 11) is 0. The van der Waals surface area contributed by atoms with Gasteiger partial charge in [0.15, 0.2) is 0 Å². The molecular weight excluding hydrogens is 316 g/mol. The fraction of sp³-hybridized carbons (Fsp3) is 0.188. The van der Waals surface area contributed by atoms with Gasteiger partial charge in [0.1, 0.15) is 17.5 Å². The van der Waals surface area contributed by atoms with E-state index in [9.17, 15) is 4.79 Å². The molecule has 0 aliphatic carbocycles.